The summed E-state index contributed by atoms with van der Waals surface area (Å²) >= 11 is 5.90. The van der Waals surface area contributed by atoms with E-state index in [2.05, 4.69) is 5.10 Å². The number of aldehydes is 1. The van der Waals surface area contributed by atoms with Crippen molar-refractivity contribution in [2.75, 3.05) is 0 Å². The summed E-state index contributed by atoms with van der Waals surface area (Å²) in [5.74, 6) is 0. The third-order valence-corrected chi connectivity index (χ3v) is 3.05. The molecular formula is C13H13ClN2O. The van der Waals surface area contributed by atoms with Crippen molar-refractivity contribution in [1.29, 1.82) is 0 Å². The number of aromatic nitrogens is 2. The Balaban J connectivity index is 2.52. The minimum Gasteiger partial charge on any atom is -0.298 e. The Kier molecular flexibility index (Phi) is 3.29. The summed E-state index contributed by atoms with van der Waals surface area (Å²) in [6, 6.07) is 5.43. The lowest BCUT2D eigenvalue weighted by Crippen LogP contribution is -1.93. The van der Waals surface area contributed by atoms with Crippen LogP contribution in [0.5, 0.6) is 0 Å². The fraction of sp³-hybridized carbons (Fsp3) is 0.231. The number of hydrogen-bond donors (Lipinski definition) is 0. The highest BCUT2D eigenvalue weighted by atomic mass is 35.5. The fourth-order valence-corrected chi connectivity index (χ4v) is 1.93. The molecule has 0 fully saturated rings. The minimum atomic E-state index is 0.476. The van der Waals surface area contributed by atoms with Gasteiger partial charge in [0.2, 0.25) is 0 Å². The predicted octanol–water partition coefficient (Wildman–Crippen LogP) is 3.34. The van der Waals surface area contributed by atoms with Gasteiger partial charge in [0.05, 0.1) is 10.7 Å². The highest BCUT2D eigenvalue weighted by Gasteiger charge is 2.08. The van der Waals surface area contributed by atoms with Crippen LogP contribution >= 0.6 is 11.6 Å². The van der Waals surface area contributed by atoms with Gasteiger partial charge in [0.1, 0.15) is 0 Å². The zero-order valence-corrected chi connectivity index (χ0v) is 10.5. The molecule has 0 saturated carbocycles. The largest absolute Gasteiger partial charge is 0.298 e. The second kappa shape index (κ2) is 4.72. The molecule has 0 aliphatic carbocycles. The van der Waals surface area contributed by atoms with Gasteiger partial charge in [0.15, 0.2) is 6.29 Å². The molecule has 0 N–H and O–H groups in total. The lowest BCUT2D eigenvalue weighted by molar-refractivity contribution is 0.112. The Labute approximate surface area is 105 Å². The maximum atomic E-state index is 10.9. The maximum absolute atomic E-state index is 10.9. The average molecular weight is 249 g/mol. The van der Waals surface area contributed by atoms with Gasteiger partial charge in [-0.05, 0) is 31.5 Å². The molecule has 3 nitrogen and oxygen atoms in total. The van der Waals surface area contributed by atoms with Gasteiger partial charge in [-0.25, -0.2) is 0 Å². The van der Waals surface area contributed by atoms with Gasteiger partial charge >= 0.3 is 0 Å². The second-order valence-corrected chi connectivity index (χ2v) is 4.25. The molecule has 0 radical (unpaired) electrons. The van der Waals surface area contributed by atoms with Crippen molar-refractivity contribution in [3.05, 3.63) is 40.7 Å². The van der Waals surface area contributed by atoms with Gasteiger partial charge in [-0.1, -0.05) is 17.7 Å². The third kappa shape index (κ3) is 2.24. The van der Waals surface area contributed by atoms with E-state index in [9.17, 15) is 4.79 Å². The minimum absolute atomic E-state index is 0.476. The molecular weight excluding hydrogens is 236 g/mol. The fourth-order valence-electron chi connectivity index (χ4n) is 1.76. The van der Waals surface area contributed by atoms with Crippen molar-refractivity contribution in [3.8, 4) is 11.1 Å². The van der Waals surface area contributed by atoms with Crippen LogP contribution in [0.1, 0.15) is 23.0 Å². The van der Waals surface area contributed by atoms with Gasteiger partial charge < -0.3 is 0 Å². The standard InChI is InChI=1S/C13H13ClN2O/c1-3-16-7-12(9(2)15-16)10-4-5-13(14)11(6-10)8-17/h4-8H,3H2,1-2H3. The van der Waals surface area contributed by atoms with E-state index in [1.165, 1.54) is 0 Å². The van der Waals surface area contributed by atoms with E-state index in [1.54, 1.807) is 12.1 Å². The summed E-state index contributed by atoms with van der Waals surface area (Å²) in [5.41, 5.74) is 3.46. The van der Waals surface area contributed by atoms with Crippen LogP contribution in [0.25, 0.3) is 11.1 Å². The molecule has 4 heteroatoms. The summed E-state index contributed by atoms with van der Waals surface area (Å²) < 4.78 is 1.87. The summed E-state index contributed by atoms with van der Waals surface area (Å²) in [5, 5.41) is 4.85. The molecule has 2 aromatic rings. The Bertz CT molecular complexity index is 561. The molecule has 1 aromatic heterocycles. The summed E-state index contributed by atoms with van der Waals surface area (Å²) in [6.45, 7) is 4.82. The lowest BCUT2D eigenvalue weighted by Gasteiger charge is -2.01. The van der Waals surface area contributed by atoms with Gasteiger partial charge in [-0.3, -0.25) is 9.48 Å². The van der Waals surface area contributed by atoms with Crippen LogP contribution in [-0.2, 0) is 6.54 Å². The molecule has 0 aliphatic heterocycles. The van der Waals surface area contributed by atoms with Crippen LogP contribution < -0.4 is 0 Å². The molecule has 0 amide bonds. The van der Waals surface area contributed by atoms with E-state index in [0.717, 1.165) is 29.7 Å². The number of nitrogens with zero attached hydrogens (tertiary/aromatic N) is 2. The molecule has 0 spiro atoms. The second-order valence-electron chi connectivity index (χ2n) is 3.84. The Morgan fingerprint density at radius 3 is 2.82 bits per heavy atom. The monoisotopic (exact) mass is 248 g/mol. The molecule has 0 atom stereocenters. The highest BCUT2D eigenvalue weighted by Crippen LogP contribution is 2.26. The van der Waals surface area contributed by atoms with Crippen LogP contribution in [0.3, 0.4) is 0 Å². The van der Waals surface area contributed by atoms with Crippen LogP contribution in [0, 0.1) is 6.92 Å². The van der Waals surface area contributed by atoms with Gasteiger partial charge in [-0.2, -0.15) is 5.10 Å². The molecule has 0 saturated heterocycles. The molecule has 2 rings (SSSR count). The van der Waals surface area contributed by atoms with E-state index in [-0.39, 0.29) is 0 Å². The summed E-state index contributed by atoms with van der Waals surface area (Å²) in [7, 11) is 0. The van der Waals surface area contributed by atoms with Crippen molar-refractivity contribution in [2.24, 2.45) is 0 Å². The van der Waals surface area contributed by atoms with Crippen LogP contribution in [-0.4, -0.2) is 16.1 Å². The number of carbonyl (C=O) groups excluding carboxylic acids is 1. The normalized spacial score (nSPS) is 10.5. The molecule has 0 bridgehead atoms. The zero-order valence-electron chi connectivity index (χ0n) is 9.77. The summed E-state index contributed by atoms with van der Waals surface area (Å²) in [6.07, 6.45) is 2.75. The molecule has 88 valence electrons. The first kappa shape index (κ1) is 11.9. The van der Waals surface area contributed by atoms with Crippen molar-refractivity contribution < 1.29 is 4.79 Å². The predicted molar refractivity (Wildman–Crippen MR) is 68.5 cm³/mol. The van der Waals surface area contributed by atoms with Crippen molar-refractivity contribution in [3.63, 3.8) is 0 Å². The van der Waals surface area contributed by atoms with E-state index in [1.807, 2.05) is 30.8 Å². The molecule has 1 heterocycles. The number of hydrogen-bond acceptors (Lipinski definition) is 2. The SMILES string of the molecule is CCn1cc(-c2ccc(Cl)c(C=O)c2)c(C)n1. The van der Waals surface area contributed by atoms with E-state index in [0.29, 0.717) is 10.6 Å². The lowest BCUT2D eigenvalue weighted by atomic mass is 10.0. The van der Waals surface area contributed by atoms with E-state index >= 15 is 0 Å². The van der Waals surface area contributed by atoms with Crippen molar-refractivity contribution in [2.45, 2.75) is 20.4 Å². The molecule has 0 unspecified atom stereocenters. The van der Waals surface area contributed by atoms with Crippen LogP contribution in [0.15, 0.2) is 24.4 Å². The topological polar surface area (TPSA) is 34.9 Å². The van der Waals surface area contributed by atoms with Crippen molar-refractivity contribution in [1.82, 2.24) is 9.78 Å². The Morgan fingerprint density at radius 1 is 1.47 bits per heavy atom. The molecule has 1 aromatic carbocycles. The average Bonchev–Trinajstić information content (AvgIpc) is 2.71. The quantitative estimate of drug-likeness (QED) is 0.781. The van der Waals surface area contributed by atoms with E-state index < -0.39 is 0 Å². The molecule has 0 aliphatic rings. The first-order chi connectivity index (χ1) is 8.15. The first-order valence-corrected chi connectivity index (χ1v) is 5.82. The van der Waals surface area contributed by atoms with Crippen molar-refractivity contribution >= 4 is 17.9 Å². The zero-order chi connectivity index (χ0) is 12.4. The smallest absolute Gasteiger partial charge is 0.151 e. The third-order valence-electron chi connectivity index (χ3n) is 2.70. The summed E-state index contributed by atoms with van der Waals surface area (Å²) in [4.78, 5) is 10.9. The molecule has 17 heavy (non-hydrogen) atoms. The Hall–Kier alpha value is -1.61. The Morgan fingerprint density at radius 2 is 2.24 bits per heavy atom. The van der Waals surface area contributed by atoms with E-state index in [4.69, 9.17) is 11.6 Å². The number of benzene rings is 1. The van der Waals surface area contributed by atoms with Crippen LogP contribution in [0.2, 0.25) is 5.02 Å². The van der Waals surface area contributed by atoms with Gasteiger partial charge in [0, 0.05) is 23.9 Å². The number of carbonyl (C=O) groups is 1. The first-order valence-electron chi connectivity index (χ1n) is 5.45. The van der Waals surface area contributed by atoms with Crippen LogP contribution in [0.4, 0.5) is 0 Å². The number of halogens is 1. The number of aryl methyl sites for hydroxylation is 2. The van der Waals surface area contributed by atoms with Gasteiger partial charge in [0.25, 0.3) is 0 Å². The maximum Gasteiger partial charge on any atom is 0.151 e. The highest BCUT2D eigenvalue weighted by molar-refractivity contribution is 6.33. The van der Waals surface area contributed by atoms with Gasteiger partial charge in [-0.15, -0.1) is 0 Å². The number of rotatable bonds is 3.